The van der Waals surface area contributed by atoms with Crippen molar-refractivity contribution in [1.29, 1.82) is 0 Å². The van der Waals surface area contributed by atoms with Gasteiger partial charge in [0.1, 0.15) is 5.82 Å². The number of alkyl halides is 3. The highest BCUT2D eigenvalue weighted by Crippen LogP contribution is 2.29. The Labute approximate surface area is 153 Å². The van der Waals surface area contributed by atoms with Gasteiger partial charge < -0.3 is 10.0 Å². The number of hydrogen-bond acceptors (Lipinski definition) is 6. The standard InChI is InChI=1S/C14H14BF3N5O3S/c16-14(17,18)27(25,26)22-5-6-23-12(8-22)20-13(21-23)11-3-1-10(2-4-11)7-19-15-9-24/h1-4,9,19H,5-8H2. The van der Waals surface area contributed by atoms with Crippen LogP contribution in [0.3, 0.4) is 0 Å². The summed E-state index contributed by atoms with van der Waals surface area (Å²) < 4.78 is 63.0. The molecule has 0 spiro atoms. The van der Waals surface area contributed by atoms with Crippen LogP contribution in [0.15, 0.2) is 24.3 Å². The first-order valence-electron chi connectivity index (χ1n) is 7.82. The zero-order valence-electron chi connectivity index (χ0n) is 13.8. The fraction of sp³-hybridized carbons (Fsp3) is 0.357. The lowest BCUT2D eigenvalue weighted by molar-refractivity contribution is -0.0496. The lowest BCUT2D eigenvalue weighted by Gasteiger charge is -2.26. The molecule has 143 valence electrons. The lowest BCUT2D eigenvalue weighted by atomic mass is 9.98. The van der Waals surface area contributed by atoms with E-state index >= 15 is 0 Å². The van der Waals surface area contributed by atoms with Crippen LogP contribution < -0.4 is 5.23 Å². The van der Waals surface area contributed by atoms with Crippen molar-refractivity contribution in [3.8, 4) is 11.4 Å². The van der Waals surface area contributed by atoms with E-state index in [1.54, 1.807) is 24.3 Å². The topological polar surface area (TPSA) is 97.2 Å². The van der Waals surface area contributed by atoms with Crippen LogP contribution in [-0.4, -0.2) is 53.1 Å². The van der Waals surface area contributed by atoms with Crippen molar-refractivity contribution in [1.82, 2.24) is 24.3 Å². The van der Waals surface area contributed by atoms with E-state index in [1.807, 2.05) is 0 Å². The number of aromatic nitrogens is 3. The second-order valence-corrected chi connectivity index (χ2v) is 7.67. The third-order valence-corrected chi connectivity index (χ3v) is 5.54. The number of rotatable bonds is 6. The molecule has 1 N–H and O–H groups in total. The minimum atomic E-state index is -5.40. The first-order valence-corrected chi connectivity index (χ1v) is 9.26. The molecule has 0 saturated carbocycles. The van der Waals surface area contributed by atoms with Gasteiger partial charge in [0.05, 0.1) is 19.3 Å². The minimum absolute atomic E-state index is 0.0127. The van der Waals surface area contributed by atoms with Crippen LogP contribution >= 0.6 is 0 Å². The van der Waals surface area contributed by atoms with Crippen molar-refractivity contribution in [3.63, 3.8) is 0 Å². The Kier molecular flexibility index (Phi) is 5.35. The Hall–Kier alpha value is -2.25. The molecule has 1 aromatic carbocycles. The molecule has 3 rings (SSSR count). The summed E-state index contributed by atoms with van der Waals surface area (Å²) in [5, 5.41) is 7.04. The molecule has 1 radical (unpaired) electrons. The van der Waals surface area contributed by atoms with Crippen molar-refractivity contribution in [3.05, 3.63) is 35.7 Å². The number of benzene rings is 1. The summed E-state index contributed by atoms with van der Waals surface area (Å²) in [7, 11) is -4.12. The molecule has 1 aromatic heterocycles. The average molecular weight is 400 g/mol. The highest BCUT2D eigenvalue weighted by molar-refractivity contribution is 7.89. The smallest absolute Gasteiger partial charge is 0.350 e. The van der Waals surface area contributed by atoms with Crippen LogP contribution in [0, 0.1) is 0 Å². The van der Waals surface area contributed by atoms with Gasteiger partial charge in [-0.3, -0.25) is 0 Å². The molecule has 2 heterocycles. The van der Waals surface area contributed by atoms with E-state index in [9.17, 15) is 26.4 Å². The SMILES string of the molecule is O=C[B]NCc1ccc(-c2nc3n(n2)CCN(S(=O)(=O)C(F)(F)F)C3)cc1. The van der Waals surface area contributed by atoms with Gasteiger partial charge in [0.15, 0.2) is 5.82 Å². The van der Waals surface area contributed by atoms with Gasteiger partial charge in [0.2, 0.25) is 0 Å². The molecule has 0 amide bonds. The summed E-state index contributed by atoms with van der Waals surface area (Å²) in [6, 6.07) is 7.07. The predicted molar refractivity (Wildman–Crippen MR) is 90.2 cm³/mol. The molecule has 1 aliphatic heterocycles. The molecular formula is C14H14BF3N5O3S. The van der Waals surface area contributed by atoms with Crippen LogP contribution in [-0.2, 0) is 34.5 Å². The first-order chi connectivity index (χ1) is 12.7. The van der Waals surface area contributed by atoms with Crippen LogP contribution in [0.2, 0.25) is 0 Å². The Bertz CT molecular complexity index is 930. The fourth-order valence-electron chi connectivity index (χ4n) is 2.58. The highest BCUT2D eigenvalue weighted by atomic mass is 32.2. The molecule has 27 heavy (non-hydrogen) atoms. The largest absolute Gasteiger partial charge is 0.511 e. The van der Waals surface area contributed by atoms with Gasteiger partial charge in [-0.2, -0.15) is 22.6 Å². The Balaban J connectivity index is 1.76. The van der Waals surface area contributed by atoms with Crippen molar-refractivity contribution in [2.45, 2.75) is 25.1 Å². The molecular weight excluding hydrogens is 386 g/mol. The van der Waals surface area contributed by atoms with Gasteiger partial charge in [-0.25, -0.2) is 18.1 Å². The van der Waals surface area contributed by atoms with Crippen LogP contribution in [0.5, 0.6) is 0 Å². The van der Waals surface area contributed by atoms with E-state index in [0.29, 0.717) is 28.4 Å². The second-order valence-electron chi connectivity index (χ2n) is 5.74. The van der Waals surface area contributed by atoms with Gasteiger partial charge >= 0.3 is 15.5 Å². The highest BCUT2D eigenvalue weighted by Gasteiger charge is 2.50. The maximum absolute atomic E-state index is 12.7. The number of halogens is 3. The van der Waals surface area contributed by atoms with Crippen LogP contribution in [0.4, 0.5) is 13.2 Å². The van der Waals surface area contributed by atoms with Crippen molar-refractivity contribution in [2.24, 2.45) is 0 Å². The summed E-state index contributed by atoms with van der Waals surface area (Å²) in [6.07, 6.45) is 0.635. The fourth-order valence-corrected chi connectivity index (χ4v) is 3.48. The van der Waals surface area contributed by atoms with E-state index in [0.717, 1.165) is 5.56 Å². The van der Waals surface area contributed by atoms with E-state index < -0.39 is 22.1 Å². The number of fused-ring (bicyclic) bond motifs is 1. The molecule has 1 aliphatic rings. The maximum atomic E-state index is 12.7. The molecule has 13 heteroatoms. The molecule has 0 atom stereocenters. The minimum Gasteiger partial charge on any atom is -0.350 e. The number of carbonyl (C=O) groups excluding carboxylic acids is 1. The van der Waals surface area contributed by atoms with Crippen molar-refractivity contribution in [2.75, 3.05) is 6.54 Å². The van der Waals surface area contributed by atoms with Gasteiger partial charge in [-0.15, -0.1) is 0 Å². The van der Waals surface area contributed by atoms with Gasteiger partial charge in [0.25, 0.3) is 7.41 Å². The number of carbonyl (C=O) groups is 1. The Morgan fingerprint density at radius 1 is 1.22 bits per heavy atom. The normalized spacial score (nSPS) is 15.4. The zero-order valence-corrected chi connectivity index (χ0v) is 14.7. The van der Waals surface area contributed by atoms with E-state index in [2.05, 4.69) is 15.3 Å². The average Bonchev–Trinajstić information content (AvgIpc) is 3.05. The van der Waals surface area contributed by atoms with Gasteiger partial charge in [-0.05, 0) is 5.56 Å². The molecule has 2 aromatic rings. The molecule has 0 aliphatic carbocycles. The van der Waals surface area contributed by atoms with E-state index in [1.165, 1.54) is 12.1 Å². The number of sulfonamides is 1. The monoisotopic (exact) mass is 400 g/mol. The number of hydrogen-bond donors (Lipinski definition) is 1. The summed E-state index contributed by atoms with van der Waals surface area (Å²) in [5.74, 6) is 0.450. The van der Waals surface area contributed by atoms with Crippen molar-refractivity contribution >= 4 is 23.6 Å². The molecule has 0 unspecified atom stereocenters. The quantitative estimate of drug-likeness (QED) is 0.431. The molecule has 8 nitrogen and oxygen atoms in total. The lowest BCUT2D eigenvalue weighted by Crippen LogP contribution is -2.44. The molecule has 0 fully saturated rings. The number of nitrogens with zero attached hydrogens (tertiary/aromatic N) is 4. The Morgan fingerprint density at radius 3 is 2.56 bits per heavy atom. The second kappa shape index (κ2) is 7.41. The summed E-state index contributed by atoms with van der Waals surface area (Å²) in [5.41, 5.74) is -3.79. The van der Waals surface area contributed by atoms with Gasteiger partial charge in [0, 0.05) is 18.7 Å². The third-order valence-electron chi connectivity index (χ3n) is 3.96. The summed E-state index contributed by atoms with van der Waals surface area (Å²) in [4.78, 5) is 14.4. The zero-order chi connectivity index (χ0) is 19.7. The van der Waals surface area contributed by atoms with E-state index in [-0.39, 0.29) is 18.9 Å². The summed E-state index contributed by atoms with van der Waals surface area (Å²) >= 11 is 0. The molecule has 0 saturated heterocycles. The van der Waals surface area contributed by atoms with E-state index in [4.69, 9.17) is 0 Å². The van der Waals surface area contributed by atoms with Crippen LogP contribution in [0.25, 0.3) is 11.4 Å². The summed E-state index contributed by atoms with van der Waals surface area (Å²) in [6.45, 7) is -0.370. The van der Waals surface area contributed by atoms with Gasteiger partial charge in [-0.1, -0.05) is 24.3 Å². The third kappa shape index (κ3) is 4.04. The molecule has 0 bridgehead atoms. The van der Waals surface area contributed by atoms with Crippen LogP contribution in [0.1, 0.15) is 11.4 Å². The maximum Gasteiger partial charge on any atom is 0.511 e. The van der Waals surface area contributed by atoms with Crippen molar-refractivity contribution < 1.29 is 26.4 Å². The number of nitrogens with one attached hydrogen (secondary N) is 1. The first kappa shape index (κ1) is 19.5. The predicted octanol–water partition coefficient (Wildman–Crippen LogP) is 0.509. The Morgan fingerprint density at radius 2 is 1.93 bits per heavy atom.